The van der Waals surface area contributed by atoms with Gasteiger partial charge in [0.15, 0.2) is 11.5 Å². The molecule has 3 aromatic heterocycles. The number of fused-ring (bicyclic) bond motifs is 1. The third-order valence-electron chi connectivity index (χ3n) is 5.83. The number of nitrogens with zero attached hydrogens (tertiary/aromatic N) is 3. The Balaban J connectivity index is 1.31. The maximum atomic E-state index is 6.18. The summed E-state index contributed by atoms with van der Waals surface area (Å²) >= 11 is 0. The molecule has 7 nitrogen and oxygen atoms in total. The van der Waals surface area contributed by atoms with Crippen molar-refractivity contribution in [2.75, 3.05) is 32.1 Å². The molecule has 4 heterocycles. The molecule has 152 valence electrons. The third kappa shape index (κ3) is 3.87. The minimum atomic E-state index is 0.572. The van der Waals surface area contributed by atoms with Gasteiger partial charge < -0.3 is 19.8 Å². The molecule has 2 fully saturated rings. The van der Waals surface area contributed by atoms with E-state index < -0.39 is 0 Å². The highest BCUT2D eigenvalue weighted by molar-refractivity contribution is 5.91. The van der Waals surface area contributed by atoms with Gasteiger partial charge in [0.1, 0.15) is 11.6 Å². The summed E-state index contributed by atoms with van der Waals surface area (Å²) in [5, 5.41) is 4.37. The summed E-state index contributed by atoms with van der Waals surface area (Å²) in [5.74, 6) is 3.40. The number of likely N-dealkylation sites (tertiary alicyclic amines) is 1. The lowest BCUT2D eigenvalue weighted by Crippen LogP contribution is -2.24. The van der Waals surface area contributed by atoms with E-state index in [1.54, 1.807) is 13.3 Å². The highest BCUT2D eigenvalue weighted by Gasteiger charge is 2.34. The van der Waals surface area contributed by atoms with Crippen LogP contribution in [0.2, 0.25) is 0 Å². The number of aromatic nitrogens is 3. The second-order valence-electron chi connectivity index (χ2n) is 8.09. The average Bonchev–Trinajstić information content (AvgIpc) is 3.27. The molecule has 0 amide bonds. The molecule has 0 bridgehead atoms. The van der Waals surface area contributed by atoms with E-state index in [1.165, 1.54) is 25.8 Å². The number of aromatic amines is 1. The molecule has 0 unspecified atom stereocenters. The van der Waals surface area contributed by atoms with E-state index in [-0.39, 0.29) is 0 Å². The van der Waals surface area contributed by atoms with Gasteiger partial charge in [0, 0.05) is 41.8 Å². The van der Waals surface area contributed by atoms with Crippen molar-refractivity contribution in [2.24, 2.45) is 5.92 Å². The Morgan fingerprint density at radius 2 is 2.14 bits per heavy atom. The molecule has 2 N–H and O–H groups in total. The van der Waals surface area contributed by atoms with Gasteiger partial charge in [0.2, 0.25) is 0 Å². The smallest absolute Gasteiger partial charge is 0.179 e. The van der Waals surface area contributed by atoms with Crippen molar-refractivity contribution >= 4 is 22.5 Å². The number of hydrogen-bond donors (Lipinski definition) is 2. The fourth-order valence-electron chi connectivity index (χ4n) is 4.14. The van der Waals surface area contributed by atoms with Crippen LogP contribution in [0.15, 0.2) is 30.6 Å². The summed E-state index contributed by atoms with van der Waals surface area (Å²) in [7, 11) is 1.65. The SMILES string of the molecule is COc1cnc(Nc2nc(C)cc3[nH]ccc23)cc1OC[C@@H]1CCN(C2CC2)C1. The van der Waals surface area contributed by atoms with Gasteiger partial charge in [-0.1, -0.05) is 0 Å². The molecule has 3 aromatic rings. The molecule has 1 saturated heterocycles. The molecule has 0 radical (unpaired) electrons. The largest absolute Gasteiger partial charge is 0.491 e. The fourth-order valence-corrected chi connectivity index (χ4v) is 4.14. The minimum Gasteiger partial charge on any atom is -0.491 e. The number of rotatable bonds is 7. The first-order valence-electron chi connectivity index (χ1n) is 10.3. The minimum absolute atomic E-state index is 0.572. The molecule has 5 rings (SSSR count). The summed E-state index contributed by atoms with van der Waals surface area (Å²) in [6.07, 6.45) is 7.55. The first-order valence-corrected chi connectivity index (χ1v) is 10.3. The van der Waals surface area contributed by atoms with Crippen LogP contribution in [0.25, 0.3) is 10.9 Å². The van der Waals surface area contributed by atoms with Crippen LogP contribution in [0.1, 0.15) is 25.0 Å². The number of anilines is 2. The quantitative estimate of drug-likeness (QED) is 0.634. The fraction of sp³-hybridized carbons (Fsp3) is 0.455. The maximum absolute atomic E-state index is 6.18. The lowest BCUT2D eigenvalue weighted by atomic mass is 10.1. The van der Waals surface area contributed by atoms with Crippen molar-refractivity contribution in [1.82, 2.24) is 19.9 Å². The number of hydrogen-bond acceptors (Lipinski definition) is 6. The predicted molar refractivity (Wildman–Crippen MR) is 113 cm³/mol. The summed E-state index contributed by atoms with van der Waals surface area (Å²) in [6, 6.07) is 6.77. The molecule has 0 spiro atoms. The van der Waals surface area contributed by atoms with Crippen LogP contribution >= 0.6 is 0 Å². The van der Waals surface area contributed by atoms with Crippen molar-refractivity contribution in [2.45, 2.75) is 32.2 Å². The predicted octanol–water partition coefficient (Wildman–Crippen LogP) is 3.88. The molecule has 1 saturated carbocycles. The van der Waals surface area contributed by atoms with Crippen molar-refractivity contribution in [3.05, 3.63) is 36.3 Å². The number of methoxy groups -OCH3 is 1. The Morgan fingerprint density at radius 1 is 1.24 bits per heavy atom. The lowest BCUT2D eigenvalue weighted by molar-refractivity contribution is 0.229. The van der Waals surface area contributed by atoms with E-state index in [9.17, 15) is 0 Å². The molecule has 2 aliphatic rings. The van der Waals surface area contributed by atoms with Crippen molar-refractivity contribution in [3.63, 3.8) is 0 Å². The van der Waals surface area contributed by atoms with Gasteiger partial charge in [0.25, 0.3) is 0 Å². The van der Waals surface area contributed by atoms with Crippen molar-refractivity contribution < 1.29 is 9.47 Å². The van der Waals surface area contributed by atoms with Gasteiger partial charge in [0.05, 0.1) is 25.4 Å². The van der Waals surface area contributed by atoms with Crippen LogP contribution in [-0.2, 0) is 0 Å². The maximum Gasteiger partial charge on any atom is 0.179 e. The summed E-state index contributed by atoms with van der Waals surface area (Å²) < 4.78 is 11.6. The van der Waals surface area contributed by atoms with Crippen LogP contribution < -0.4 is 14.8 Å². The summed E-state index contributed by atoms with van der Waals surface area (Å²) in [6.45, 7) is 5.02. The van der Waals surface area contributed by atoms with Gasteiger partial charge in [-0.15, -0.1) is 0 Å². The van der Waals surface area contributed by atoms with Gasteiger partial charge in [-0.2, -0.15) is 0 Å². The Morgan fingerprint density at radius 3 is 2.97 bits per heavy atom. The standard InChI is InChI=1S/C22H27N5O2/c1-14-9-18-17(5-7-23-18)22(25-14)26-21-10-19(20(28-2)11-24-21)29-13-15-6-8-27(12-15)16-3-4-16/h5,7,9-11,15-16,23H,3-4,6,8,12-13H2,1-2H3,(H,24,25,26)/t15-/m1/s1. The Kier molecular flexibility index (Phi) is 4.75. The first-order chi connectivity index (χ1) is 14.2. The first kappa shape index (κ1) is 18.2. The van der Waals surface area contributed by atoms with Gasteiger partial charge in [-0.25, -0.2) is 9.97 Å². The van der Waals surface area contributed by atoms with Crippen LogP contribution in [0, 0.1) is 12.8 Å². The molecule has 7 heteroatoms. The zero-order valence-corrected chi connectivity index (χ0v) is 16.9. The second-order valence-corrected chi connectivity index (χ2v) is 8.09. The zero-order valence-electron chi connectivity index (χ0n) is 16.9. The Bertz CT molecular complexity index is 1010. The van der Waals surface area contributed by atoms with Crippen LogP contribution in [0.5, 0.6) is 11.5 Å². The molecule has 1 aliphatic carbocycles. The molecule has 1 aliphatic heterocycles. The van der Waals surface area contributed by atoms with Gasteiger partial charge in [-0.3, -0.25) is 4.90 Å². The molecule has 1 atom stereocenters. The highest BCUT2D eigenvalue weighted by Crippen LogP contribution is 2.34. The Hall–Kier alpha value is -2.80. The van der Waals surface area contributed by atoms with E-state index in [4.69, 9.17) is 9.47 Å². The van der Waals surface area contributed by atoms with E-state index in [1.807, 2.05) is 31.3 Å². The lowest BCUT2D eigenvalue weighted by Gasteiger charge is -2.17. The second kappa shape index (κ2) is 7.55. The number of aryl methyl sites for hydroxylation is 1. The van der Waals surface area contributed by atoms with E-state index in [2.05, 4.69) is 25.2 Å². The number of H-pyrrole nitrogens is 1. The van der Waals surface area contributed by atoms with Gasteiger partial charge in [-0.05, 0) is 44.9 Å². The molecular weight excluding hydrogens is 366 g/mol. The Labute approximate surface area is 170 Å². The zero-order chi connectivity index (χ0) is 19.8. The van der Waals surface area contributed by atoms with E-state index >= 15 is 0 Å². The molecule has 29 heavy (non-hydrogen) atoms. The van der Waals surface area contributed by atoms with Crippen LogP contribution in [0.4, 0.5) is 11.6 Å². The van der Waals surface area contributed by atoms with E-state index in [0.717, 1.165) is 35.0 Å². The van der Waals surface area contributed by atoms with Crippen molar-refractivity contribution in [3.8, 4) is 11.5 Å². The monoisotopic (exact) mass is 393 g/mol. The summed E-state index contributed by atoms with van der Waals surface area (Å²) in [4.78, 5) is 14.9. The normalized spacial score (nSPS) is 19.6. The average molecular weight is 393 g/mol. The van der Waals surface area contributed by atoms with Crippen molar-refractivity contribution in [1.29, 1.82) is 0 Å². The van der Waals surface area contributed by atoms with Crippen LogP contribution in [0.3, 0.4) is 0 Å². The van der Waals surface area contributed by atoms with E-state index in [0.29, 0.717) is 29.8 Å². The number of nitrogens with one attached hydrogen (secondary N) is 2. The number of ether oxygens (including phenoxy) is 2. The number of pyridine rings is 2. The molecule has 0 aromatic carbocycles. The highest BCUT2D eigenvalue weighted by atomic mass is 16.5. The third-order valence-corrected chi connectivity index (χ3v) is 5.83. The molecular formula is C22H27N5O2. The van der Waals surface area contributed by atoms with Gasteiger partial charge >= 0.3 is 0 Å². The van der Waals surface area contributed by atoms with Crippen LogP contribution in [-0.4, -0.2) is 52.7 Å². The topological polar surface area (TPSA) is 75.3 Å². The summed E-state index contributed by atoms with van der Waals surface area (Å²) in [5.41, 5.74) is 1.99.